The van der Waals surface area contributed by atoms with Crippen LogP contribution in [0, 0.1) is 12.8 Å². The minimum atomic E-state index is -1.12. The van der Waals surface area contributed by atoms with E-state index in [0.29, 0.717) is 28.1 Å². The van der Waals surface area contributed by atoms with Crippen molar-refractivity contribution in [2.75, 3.05) is 7.05 Å². The summed E-state index contributed by atoms with van der Waals surface area (Å²) in [6.45, 7) is 8.28. The van der Waals surface area contributed by atoms with Gasteiger partial charge in [-0.3, -0.25) is 4.90 Å². The predicted octanol–water partition coefficient (Wildman–Crippen LogP) is 4.38. The van der Waals surface area contributed by atoms with Crippen molar-refractivity contribution in [3.63, 3.8) is 0 Å². The second kappa shape index (κ2) is 7.25. The Kier molecular flexibility index (Phi) is 4.83. The Morgan fingerprint density at radius 1 is 1.19 bits per heavy atom. The molecule has 0 aliphatic carbocycles. The van der Waals surface area contributed by atoms with Gasteiger partial charge in [0.15, 0.2) is 11.2 Å². The zero-order chi connectivity index (χ0) is 22.8. The van der Waals surface area contributed by atoms with Crippen LogP contribution in [0.25, 0.3) is 16.3 Å². The van der Waals surface area contributed by atoms with Gasteiger partial charge < -0.3 is 9.84 Å². The molecule has 2 aliphatic rings. The molecular formula is C23H28FN5O2S. The summed E-state index contributed by atoms with van der Waals surface area (Å²) in [6.07, 6.45) is 1.54. The normalized spacial score (nSPS) is 32.4. The third kappa shape index (κ3) is 3.13. The Balaban J connectivity index is 1.37. The van der Waals surface area contributed by atoms with E-state index < -0.39 is 17.8 Å². The maximum atomic E-state index is 15.5. The third-order valence-corrected chi connectivity index (χ3v) is 8.55. The second-order valence-corrected chi connectivity index (χ2v) is 10.6. The van der Waals surface area contributed by atoms with Gasteiger partial charge in [0, 0.05) is 24.2 Å². The number of piperidine rings is 1. The van der Waals surface area contributed by atoms with Gasteiger partial charge in [0.1, 0.15) is 11.9 Å². The SMILES string of the molecule is Cc1ccn(-c2ccc(-c3nnc(OC4CC5(C)C(C)CC(C)(C4F)N5C)s3)c(O)c2)n1. The highest BCUT2D eigenvalue weighted by Crippen LogP contribution is 2.54. The van der Waals surface area contributed by atoms with Crippen molar-refractivity contribution < 1.29 is 14.2 Å². The Morgan fingerprint density at radius 2 is 1.97 bits per heavy atom. The molecule has 2 aromatic heterocycles. The lowest BCUT2D eigenvalue weighted by Gasteiger charge is -2.51. The Bertz CT molecular complexity index is 1160. The highest BCUT2D eigenvalue weighted by molar-refractivity contribution is 7.16. The van der Waals surface area contributed by atoms with E-state index in [9.17, 15) is 5.11 Å². The number of nitrogens with zero attached hydrogens (tertiary/aromatic N) is 5. The predicted molar refractivity (Wildman–Crippen MR) is 121 cm³/mol. The maximum Gasteiger partial charge on any atom is 0.294 e. The molecule has 1 N–H and O–H groups in total. The van der Waals surface area contributed by atoms with Crippen LogP contribution in [0.5, 0.6) is 10.9 Å². The molecular weight excluding hydrogens is 429 g/mol. The van der Waals surface area contributed by atoms with Gasteiger partial charge in [-0.1, -0.05) is 23.4 Å². The average molecular weight is 458 g/mol. The molecule has 0 saturated carbocycles. The highest BCUT2D eigenvalue weighted by atomic mass is 32.1. The number of alkyl halides is 1. The first-order chi connectivity index (χ1) is 15.1. The summed E-state index contributed by atoms with van der Waals surface area (Å²) >= 11 is 1.22. The largest absolute Gasteiger partial charge is 0.507 e. The van der Waals surface area contributed by atoms with Gasteiger partial charge in [-0.15, -0.1) is 5.10 Å². The number of hydrogen-bond acceptors (Lipinski definition) is 7. The van der Waals surface area contributed by atoms with Crippen LogP contribution in [0.15, 0.2) is 30.5 Å². The summed E-state index contributed by atoms with van der Waals surface area (Å²) in [5, 5.41) is 24.1. The van der Waals surface area contributed by atoms with E-state index >= 15 is 4.39 Å². The zero-order valence-corrected chi connectivity index (χ0v) is 19.7. The topological polar surface area (TPSA) is 76.3 Å². The summed E-state index contributed by atoms with van der Waals surface area (Å²) in [7, 11) is 2.02. The quantitative estimate of drug-likeness (QED) is 0.627. The van der Waals surface area contributed by atoms with Crippen LogP contribution >= 0.6 is 11.3 Å². The van der Waals surface area contributed by atoms with Crippen molar-refractivity contribution in [1.29, 1.82) is 0 Å². The molecule has 0 spiro atoms. The number of hydrogen-bond donors (Lipinski definition) is 1. The molecule has 0 radical (unpaired) electrons. The number of benzene rings is 1. The van der Waals surface area contributed by atoms with Gasteiger partial charge in [-0.25, -0.2) is 9.07 Å². The Morgan fingerprint density at radius 3 is 2.66 bits per heavy atom. The molecule has 5 rings (SSSR count). The molecule has 32 heavy (non-hydrogen) atoms. The zero-order valence-electron chi connectivity index (χ0n) is 18.9. The molecule has 4 heterocycles. The van der Waals surface area contributed by atoms with Crippen molar-refractivity contribution >= 4 is 11.3 Å². The average Bonchev–Trinajstić information content (AvgIpc) is 3.42. The molecule has 170 valence electrons. The standard InChI is InChI=1S/C23H28FN5O2S/c1-13-11-23(4)19(24)18(12-22(13,3)28(23)5)31-21-26-25-20(32-21)16-7-6-15(10-17(16)30)29-9-8-14(2)27-29/h6-10,13,18-19,30H,11-12H2,1-5H3. The molecule has 0 amide bonds. The lowest BCUT2D eigenvalue weighted by molar-refractivity contribution is -0.0912. The molecule has 1 aromatic carbocycles. The summed E-state index contributed by atoms with van der Waals surface area (Å²) in [4.78, 5) is 2.20. The number of fused-ring (bicyclic) bond motifs is 2. The summed E-state index contributed by atoms with van der Waals surface area (Å²) < 4.78 is 23.3. The first kappa shape index (κ1) is 21.3. The maximum absolute atomic E-state index is 15.5. The van der Waals surface area contributed by atoms with Crippen LogP contribution in [-0.2, 0) is 0 Å². The van der Waals surface area contributed by atoms with Crippen LogP contribution < -0.4 is 4.74 Å². The second-order valence-electron chi connectivity index (χ2n) is 9.62. The van der Waals surface area contributed by atoms with E-state index in [2.05, 4.69) is 34.0 Å². The molecule has 2 fully saturated rings. The first-order valence-corrected chi connectivity index (χ1v) is 11.7. The minimum Gasteiger partial charge on any atom is -0.507 e. The smallest absolute Gasteiger partial charge is 0.294 e. The molecule has 7 nitrogen and oxygen atoms in total. The van der Waals surface area contributed by atoms with E-state index in [-0.39, 0.29) is 11.3 Å². The first-order valence-electron chi connectivity index (χ1n) is 10.9. The fraction of sp³-hybridized carbons (Fsp3) is 0.522. The minimum absolute atomic E-state index is 0.0768. The van der Waals surface area contributed by atoms with Crippen LogP contribution in [-0.4, -0.2) is 60.4 Å². The number of aryl methyl sites for hydroxylation is 1. The van der Waals surface area contributed by atoms with Gasteiger partial charge in [-0.05, 0) is 58.4 Å². The third-order valence-electron chi connectivity index (χ3n) is 7.71. The van der Waals surface area contributed by atoms with Gasteiger partial charge in [0.05, 0.1) is 22.5 Å². The summed E-state index contributed by atoms with van der Waals surface area (Å²) in [5.74, 6) is 0.455. The highest BCUT2D eigenvalue weighted by Gasteiger charge is 2.63. The van der Waals surface area contributed by atoms with Crippen LogP contribution in [0.4, 0.5) is 4.39 Å². The number of phenols is 1. The fourth-order valence-corrected chi connectivity index (χ4v) is 6.22. The summed E-state index contributed by atoms with van der Waals surface area (Å²) in [5.41, 5.74) is 1.53. The lowest BCUT2D eigenvalue weighted by Crippen LogP contribution is -2.64. The van der Waals surface area contributed by atoms with E-state index in [1.807, 2.05) is 39.2 Å². The van der Waals surface area contributed by atoms with Crippen LogP contribution in [0.2, 0.25) is 0 Å². The monoisotopic (exact) mass is 457 g/mol. The Labute approximate surface area is 190 Å². The van der Waals surface area contributed by atoms with Crippen molar-refractivity contribution in [3.05, 3.63) is 36.2 Å². The van der Waals surface area contributed by atoms with Gasteiger partial charge in [-0.2, -0.15) is 5.10 Å². The molecule has 5 atom stereocenters. The Hall–Kier alpha value is -2.52. The van der Waals surface area contributed by atoms with E-state index in [0.717, 1.165) is 17.8 Å². The van der Waals surface area contributed by atoms with Gasteiger partial charge in [0.2, 0.25) is 0 Å². The number of rotatable bonds is 4. The van der Waals surface area contributed by atoms with E-state index in [1.54, 1.807) is 16.8 Å². The van der Waals surface area contributed by atoms with Gasteiger partial charge >= 0.3 is 0 Å². The van der Waals surface area contributed by atoms with Crippen molar-refractivity contribution in [1.82, 2.24) is 24.9 Å². The van der Waals surface area contributed by atoms with Crippen LogP contribution in [0.1, 0.15) is 39.3 Å². The lowest BCUT2D eigenvalue weighted by atomic mass is 9.81. The molecule has 2 aliphatic heterocycles. The summed E-state index contributed by atoms with van der Waals surface area (Å²) in [6, 6.07) is 7.18. The molecule has 2 bridgehead atoms. The number of aromatic hydroxyl groups is 1. The molecule has 5 unspecified atom stereocenters. The van der Waals surface area contributed by atoms with Crippen LogP contribution in [0.3, 0.4) is 0 Å². The number of ether oxygens (including phenoxy) is 1. The van der Waals surface area contributed by atoms with E-state index in [1.165, 1.54) is 11.3 Å². The van der Waals surface area contributed by atoms with Crippen molar-refractivity contribution in [2.24, 2.45) is 5.92 Å². The van der Waals surface area contributed by atoms with E-state index in [4.69, 9.17) is 4.74 Å². The number of halogens is 1. The number of aromatic nitrogens is 4. The molecule has 9 heteroatoms. The fourth-order valence-electron chi connectivity index (χ4n) is 5.44. The van der Waals surface area contributed by atoms with Gasteiger partial charge in [0.25, 0.3) is 5.19 Å². The molecule has 2 saturated heterocycles. The van der Waals surface area contributed by atoms with Crippen molar-refractivity contribution in [2.45, 2.75) is 63.9 Å². The number of phenolic OH excluding ortho intramolecular Hbond substituents is 1. The van der Waals surface area contributed by atoms with Crippen molar-refractivity contribution in [3.8, 4) is 27.2 Å². The molecule has 3 aromatic rings.